The van der Waals surface area contributed by atoms with Crippen molar-refractivity contribution < 1.29 is 14.4 Å². The zero-order valence-electron chi connectivity index (χ0n) is 15.5. The fourth-order valence-electron chi connectivity index (χ4n) is 3.59. The largest absolute Gasteiger partial charge is 0.336 e. The highest BCUT2D eigenvalue weighted by atomic mass is 16.2. The topological polar surface area (TPSA) is 102 Å². The summed E-state index contributed by atoms with van der Waals surface area (Å²) in [6.07, 6.45) is 5.07. The molecule has 7 heteroatoms. The van der Waals surface area contributed by atoms with Gasteiger partial charge in [-0.05, 0) is 38.5 Å². The van der Waals surface area contributed by atoms with Gasteiger partial charge in [-0.3, -0.25) is 14.5 Å². The van der Waals surface area contributed by atoms with E-state index in [0.29, 0.717) is 0 Å². The second-order valence-corrected chi connectivity index (χ2v) is 7.88. The van der Waals surface area contributed by atoms with Crippen LogP contribution in [0, 0.1) is 23.2 Å². The molecule has 4 amide bonds. The maximum atomic E-state index is 12.8. The lowest BCUT2D eigenvalue weighted by atomic mass is 9.75. The number of rotatable bonds is 5. The van der Waals surface area contributed by atoms with Gasteiger partial charge in [0.2, 0.25) is 5.91 Å². The van der Waals surface area contributed by atoms with Crippen LogP contribution in [-0.2, 0) is 9.59 Å². The Morgan fingerprint density at radius 1 is 1.40 bits per heavy atom. The Hall–Kier alpha value is -2.10. The fraction of sp³-hybridized carbons (Fsp3) is 0.778. The van der Waals surface area contributed by atoms with E-state index >= 15 is 0 Å². The molecule has 0 radical (unpaired) electrons. The van der Waals surface area contributed by atoms with Gasteiger partial charge in [0.1, 0.15) is 17.6 Å². The number of carbonyl (C=O) groups is 3. The van der Waals surface area contributed by atoms with Gasteiger partial charge in [-0.15, -0.1) is 0 Å². The van der Waals surface area contributed by atoms with Crippen LogP contribution in [0.25, 0.3) is 0 Å². The van der Waals surface area contributed by atoms with Gasteiger partial charge in [0, 0.05) is 0 Å². The Morgan fingerprint density at radius 2 is 2.00 bits per heavy atom. The van der Waals surface area contributed by atoms with E-state index in [-0.39, 0.29) is 24.3 Å². The Balaban J connectivity index is 2.08. The van der Waals surface area contributed by atoms with Crippen molar-refractivity contribution in [2.24, 2.45) is 11.8 Å². The summed E-state index contributed by atoms with van der Waals surface area (Å²) in [5.74, 6) is -0.847. The lowest BCUT2D eigenvalue weighted by molar-refractivity contribution is -0.136. The first-order valence-electron chi connectivity index (χ1n) is 9.00. The lowest BCUT2D eigenvalue weighted by Gasteiger charge is -2.34. The molecule has 0 aromatic rings. The summed E-state index contributed by atoms with van der Waals surface area (Å²) in [7, 11) is 0. The van der Waals surface area contributed by atoms with Crippen LogP contribution >= 0.6 is 0 Å². The minimum absolute atomic E-state index is 0.0999. The molecule has 0 unspecified atom stereocenters. The lowest BCUT2D eigenvalue weighted by Crippen LogP contribution is -2.53. The monoisotopic (exact) mass is 348 g/mol. The van der Waals surface area contributed by atoms with Gasteiger partial charge in [-0.2, -0.15) is 5.26 Å². The molecule has 2 fully saturated rings. The number of amides is 4. The van der Waals surface area contributed by atoms with Crippen molar-refractivity contribution >= 4 is 17.8 Å². The quantitative estimate of drug-likeness (QED) is 0.741. The minimum atomic E-state index is -1.04. The van der Waals surface area contributed by atoms with Crippen molar-refractivity contribution in [1.29, 1.82) is 5.26 Å². The molecule has 2 atom stereocenters. The van der Waals surface area contributed by atoms with Gasteiger partial charge in [-0.25, -0.2) is 4.79 Å². The first-order valence-corrected chi connectivity index (χ1v) is 9.00. The Labute approximate surface area is 149 Å². The fourth-order valence-corrected chi connectivity index (χ4v) is 3.59. The first kappa shape index (κ1) is 19.2. The molecule has 138 valence electrons. The van der Waals surface area contributed by atoms with Crippen molar-refractivity contribution in [3.05, 3.63) is 0 Å². The average Bonchev–Trinajstić information content (AvgIpc) is 2.79. The molecule has 25 heavy (non-hydrogen) atoms. The zero-order chi connectivity index (χ0) is 18.8. The molecule has 1 saturated heterocycles. The van der Waals surface area contributed by atoms with E-state index in [1.165, 1.54) is 0 Å². The molecular weight excluding hydrogens is 320 g/mol. The summed E-state index contributed by atoms with van der Waals surface area (Å²) < 4.78 is 0. The van der Waals surface area contributed by atoms with Crippen LogP contribution in [0.4, 0.5) is 4.79 Å². The predicted molar refractivity (Wildman–Crippen MR) is 92.2 cm³/mol. The van der Waals surface area contributed by atoms with E-state index in [1.54, 1.807) is 13.8 Å². The highest BCUT2D eigenvalue weighted by molar-refractivity contribution is 6.09. The molecule has 0 aromatic heterocycles. The maximum absolute atomic E-state index is 12.8. The molecule has 2 aliphatic rings. The van der Waals surface area contributed by atoms with Gasteiger partial charge in [0.25, 0.3) is 5.91 Å². The number of nitrogens with zero attached hydrogens (tertiary/aromatic N) is 2. The second-order valence-electron chi connectivity index (χ2n) is 7.88. The molecule has 0 aromatic carbocycles. The third-order valence-corrected chi connectivity index (χ3v) is 5.81. The maximum Gasteiger partial charge on any atom is 0.325 e. The first-order chi connectivity index (χ1) is 11.6. The Morgan fingerprint density at radius 3 is 2.52 bits per heavy atom. The van der Waals surface area contributed by atoms with Crippen molar-refractivity contribution in [2.75, 3.05) is 6.54 Å². The van der Waals surface area contributed by atoms with E-state index in [2.05, 4.69) is 16.7 Å². The van der Waals surface area contributed by atoms with Gasteiger partial charge >= 0.3 is 6.03 Å². The van der Waals surface area contributed by atoms with Crippen LogP contribution in [0.1, 0.15) is 59.8 Å². The molecule has 1 heterocycles. The summed E-state index contributed by atoms with van der Waals surface area (Å²) in [5.41, 5.74) is -1.97. The van der Waals surface area contributed by atoms with Gasteiger partial charge < -0.3 is 10.6 Å². The molecule has 1 saturated carbocycles. The zero-order valence-corrected chi connectivity index (χ0v) is 15.5. The third-order valence-electron chi connectivity index (χ3n) is 5.81. The number of hydrogen-bond acceptors (Lipinski definition) is 4. The summed E-state index contributed by atoms with van der Waals surface area (Å²) in [6.45, 7) is 6.69. The summed E-state index contributed by atoms with van der Waals surface area (Å²) in [4.78, 5) is 38.4. The van der Waals surface area contributed by atoms with Crippen LogP contribution < -0.4 is 10.6 Å². The summed E-state index contributed by atoms with van der Waals surface area (Å²) in [5, 5.41) is 14.7. The molecular formula is C18H28N4O3. The number of carbonyl (C=O) groups excluding carboxylic acids is 3. The van der Waals surface area contributed by atoms with Crippen LogP contribution in [-0.4, -0.2) is 40.4 Å². The average molecular weight is 348 g/mol. The van der Waals surface area contributed by atoms with Gasteiger partial charge in [0.05, 0.1) is 6.07 Å². The normalized spacial score (nSPS) is 27.0. The van der Waals surface area contributed by atoms with E-state index in [1.807, 2.05) is 13.8 Å². The molecule has 1 aliphatic carbocycles. The summed E-state index contributed by atoms with van der Waals surface area (Å²) >= 11 is 0. The highest BCUT2D eigenvalue weighted by Crippen LogP contribution is 2.36. The molecule has 2 rings (SSSR count). The van der Waals surface area contributed by atoms with Crippen molar-refractivity contribution in [1.82, 2.24) is 15.5 Å². The Bertz CT molecular complexity index is 606. The van der Waals surface area contributed by atoms with Crippen LogP contribution in [0.3, 0.4) is 0 Å². The minimum Gasteiger partial charge on any atom is -0.336 e. The number of urea groups is 1. The number of imide groups is 1. The molecule has 7 nitrogen and oxygen atoms in total. The molecule has 0 bridgehead atoms. The van der Waals surface area contributed by atoms with Crippen LogP contribution in [0.5, 0.6) is 0 Å². The standard InChI is InChI=1S/C18H28N4O3/c1-12(2)17(3,11-19)20-14(23)10-22-15(24)18(4,21-16(22)25)13-8-6-5-7-9-13/h12-13H,5-10H2,1-4H3,(H,20,23)(H,21,25)/t17-,18-/m0/s1. The SMILES string of the molecule is CC(C)[C@](C)(C#N)NC(=O)CN1C(=O)N[C@@](C)(C2CCCCC2)C1=O. The molecule has 1 aliphatic heterocycles. The van der Waals surface area contributed by atoms with E-state index in [9.17, 15) is 19.6 Å². The van der Waals surface area contributed by atoms with Gasteiger partial charge in [-0.1, -0.05) is 33.1 Å². The number of hydrogen-bond donors (Lipinski definition) is 2. The molecule has 0 spiro atoms. The van der Waals surface area contributed by atoms with Crippen LogP contribution in [0.2, 0.25) is 0 Å². The van der Waals surface area contributed by atoms with E-state index in [4.69, 9.17) is 0 Å². The summed E-state index contributed by atoms with van der Waals surface area (Å²) in [6, 6.07) is 1.56. The highest BCUT2D eigenvalue weighted by Gasteiger charge is 2.52. The van der Waals surface area contributed by atoms with Crippen molar-refractivity contribution in [3.8, 4) is 6.07 Å². The molecule has 2 N–H and O–H groups in total. The smallest absolute Gasteiger partial charge is 0.325 e. The number of nitriles is 1. The van der Waals surface area contributed by atoms with Gasteiger partial charge in [0.15, 0.2) is 0 Å². The predicted octanol–water partition coefficient (Wildman–Crippen LogP) is 1.93. The van der Waals surface area contributed by atoms with E-state index < -0.39 is 23.0 Å². The third kappa shape index (κ3) is 3.63. The number of nitrogens with one attached hydrogen (secondary N) is 2. The van der Waals surface area contributed by atoms with Crippen LogP contribution in [0.15, 0.2) is 0 Å². The second kappa shape index (κ2) is 7.03. The van der Waals surface area contributed by atoms with Crippen molar-refractivity contribution in [2.45, 2.75) is 70.9 Å². The van der Waals surface area contributed by atoms with E-state index in [0.717, 1.165) is 37.0 Å². The van der Waals surface area contributed by atoms with Crippen molar-refractivity contribution in [3.63, 3.8) is 0 Å². The Kier molecular flexibility index (Phi) is 5.40.